The SMILES string of the molecule is Cc1nc2sc(C(=O)NC3(C)C4(CCCCC4)C34CCCCC4)c(-c3cnn(C)c3)c2c(C)c1Cl. The van der Waals surface area contributed by atoms with E-state index in [-0.39, 0.29) is 22.3 Å². The Morgan fingerprint density at radius 1 is 1.06 bits per heavy atom. The molecule has 2 spiro atoms. The van der Waals surface area contributed by atoms with E-state index in [4.69, 9.17) is 16.6 Å². The van der Waals surface area contributed by atoms with Crippen LogP contribution in [0.15, 0.2) is 12.4 Å². The molecule has 3 aliphatic carbocycles. The topological polar surface area (TPSA) is 59.8 Å². The normalized spacial score (nSPS) is 22.1. The largest absolute Gasteiger partial charge is 0.345 e. The fourth-order valence-corrected chi connectivity index (χ4v) is 9.59. The molecule has 3 heterocycles. The average molecular weight is 511 g/mol. The van der Waals surface area contributed by atoms with E-state index in [2.05, 4.69) is 17.3 Å². The van der Waals surface area contributed by atoms with Gasteiger partial charge in [-0.05, 0) is 52.0 Å². The van der Waals surface area contributed by atoms with E-state index in [1.54, 1.807) is 4.68 Å². The molecule has 35 heavy (non-hydrogen) atoms. The van der Waals surface area contributed by atoms with Crippen LogP contribution in [0.5, 0.6) is 0 Å². The van der Waals surface area contributed by atoms with E-state index in [9.17, 15) is 4.79 Å². The van der Waals surface area contributed by atoms with E-state index >= 15 is 0 Å². The highest BCUT2D eigenvalue weighted by atomic mass is 35.5. The van der Waals surface area contributed by atoms with E-state index in [1.165, 1.54) is 75.5 Å². The molecule has 7 heteroatoms. The summed E-state index contributed by atoms with van der Waals surface area (Å²) in [6.07, 6.45) is 16.6. The summed E-state index contributed by atoms with van der Waals surface area (Å²) in [5, 5.41) is 9.73. The summed E-state index contributed by atoms with van der Waals surface area (Å²) in [6.45, 7) is 6.33. The highest BCUT2D eigenvalue weighted by Gasteiger charge is 2.82. The van der Waals surface area contributed by atoms with Crippen LogP contribution in [0.25, 0.3) is 21.3 Å². The maximum Gasteiger partial charge on any atom is 0.262 e. The Kier molecular flexibility index (Phi) is 5.39. The van der Waals surface area contributed by atoms with Crippen molar-refractivity contribution in [3.8, 4) is 11.1 Å². The van der Waals surface area contributed by atoms with Crippen molar-refractivity contribution in [3.05, 3.63) is 33.6 Å². The van der Waals surface area contributed by atoms with Crippen molar-refractivity contribution in [2.45, 2.75) is 90.5 Å². The number of carbonyl (C=O) groups excluding carboxylic acids is 1. The van der Waals surface area contributed by atoms with Crippen molar-refractivity contribution in [2.75, 3.05) is 0 Å². The number of hydrogen-bond donors (Lipinski definition) is 1. The van der Waals surface area contributed by atoms with E-state index < -0.39 is 0 Å². The first-order chi connectivity index (χ1) is 16.7. The van der Waals surface area contributed by atoms with Gasteiger partial charge < -0.3 is 5.32 Å². The second kappa shape index (κ2) is 8.04. The molecule has 0 saturated heterocycles. The zero-order valence-electron chi connectivity index (χ0n) is 21.3. The lowest BCUT2D eigenvalue weighted by atomic mass is 9.73. The van der Waals surface area contributed by atoms with Crippen molar-refractivity contribution in [3.63, 3.8) is 0 Å². The lowest BCUT2D eigenvalue weighted by Crippen LogP contribution is -2.41. The predicted molar refractivity (Wildman–Crippen MR) is 143 cm³/mol. The van der Waals surface area contributed by atoms with Crippen LogP contribution in [0.3, 0.4) is 0 Å². The quantitative estimate of drug-likeness (QED) is 0.400. The number of pyridine rings is 1. The predicted octanol–water partition coefficient (Wildman–Crippen LogP) is 7.37. The summed E-state index contributed by atoms with van der Waals surface area (Å²) in [5.74, 6) is 0.0370. The number of thiophene rings is 1. The monoisotopic (exact) mass is 510 g/mol. The van der Waals surface area contributed by atoms with Gasteiger partial charge in [-0.1, -0.05) is 50.1 Å². The molecule has 0 bridgehead atoms. The Hall–Kier alpha value is -1.92. The number of aromatic nitrogens is 3. The third-order valence-electron chi connectivity index (χ3n) is 9.93. The first-order valence-corrected chi connectivity index (χ1v) is 14.3. The summed E-state index contributed by atoms with van der Waals surface area (Å²) < 4.78 is 1.79. The minimum Gasteiger partial charge on any atom is -0.345 e. The summed E-state index contributed by atoms with van der Waals surface area (Å²) in [5.41, 5.74) is 4.02. The molecule has 1 amide bonds. The first kappa shape index (κ1) is 23.5. The van der Waals surface area contributed by atoms with Crippen LogP contribution in [0.1, 0.15) is 92.1 Å². The number of carbonyl (C=O) groups is 1. The lowest BCUT2D eigenvalue weighted by molar-refractivity contribution is 0.0916. The van der Waals surface area contributed by atoms with Crippen molar-refractivity contribution in [1.29, 1.82) is 0 Å². The fourth-order valence-electron chi connectivity index (χ4n) is 8.26. The van der Waals surface area contributed by atoms with Crippen LogP contribution in [-0.2, 0) is 7.05 Å². The summed E-state index contributed by atoms with van der Waals surface area (Å²) in [7, 11) is 1.91. The molecule has 5 nitrogen and oxygen atoms in total. The van der Waals surface area contributed by atoms with E-state index in [0.29, 0.717) is 5.02 Å². The van der Waals surface area contributed by atoms with Crippen molar-refractivity contribution < 1.29 is 4.79 Å². The van der Waals surface area contributed by atoms with Crippen molar-refractivity contribution in [1.82, 2.24) is 20.1 Å². The molecule has 3 fully saturated rings. The van der Waals surface area contributed by atoms with E-state index in [1.807, 2.05) is 33.3 Å². The second-order valence-electron chi connectivity index (χ2n) is 11.4. The van der Waals surface area contributed by atoms with Gasteiger partial charge >= 0.3 is 0 Å². The molecular formula is C28H35ClN4OS. The Labute approximate surface area is 216 Å². The smallest absolute Gasteiger partial charge is 0.262 e. The Morgan fingerprint density at radius 2 is 1.66 bits per heavy atom. The minimum atomic E-state index is -0.143. The minimum absolute atomic E-state index is 0.0370. The van der Waals surface area contributed by atoms with Crippen LogP contribution in [-0.4, -0.2) is 26.2 Å². The number of aryl methyl sites for hydroxylation is 3. The number of nitrogens with one attached hydrogen (secondary N) is 1. The van der Waals surface area contributed by atoms with Gasteiger partial charge in [-0.2, -0.15) is 5.10 Å². The van der Waals surface area contributed by atoms with Crippen LogP contribution in [0, 0.1) is 24.7 Å². The Bertz CT molecular complexity index is 1300. The third kappa shape index (κ3) is 3.08. The van der Waals surface area contributed by atoms with Crippen molar-refractivity contribution >= 4 is 39.1 Å². The summed E-state index contributed by atoms with van der Waals surface area (Å²) in [4.78, 5) is 20.6. The first-order valence-electron chi connectivity index (χ1n) is 13.2. The van der Waals surface area contributed by atoms with Gasteiger partial charge in [0.2, 0.25) is 0 Å². The van der Waals surface area contributed by atoms with Crippen LogP contribution >= 0.6 is 22.9 Å². The Morgan fingerprint density at radius 3 is 2.20 bits per heavy atom. The summed E-state index contributed by atoms with van der Waals surface area (Å²) >= 11 is 8.14. The van der Waals surface area contributed by atoms with Gasteiger partial charge in [0.15, 0.2) is 0 Å². The second-order valence-corrected chi connectivity index (χ2v) is 12.8. The highest BCUT2D eigenvalue weighted by Crippen LogP contribution is 2.81. The van der Waals surface area contributed by atoms with Gasteiger partial charge in [0.25, 0.3) is 5.91 Å². The zero-order valence-corrected chi connectivity index (χ0v) is 22.8. The molecule has 1 N–H and O–H groups in total. The number of halogens is 1. The number of nitrogens with zero attached hydrogens (tertiary/aromatic N) is 3. The highest BCUT2D eigenvalue weighted by molar-refractivity contribution is 7.21. The maximum absolute atomic E-state index is 14.2. The van der Waals surface area contributed by atoms with Gasteiger partial charge in [-0.25, -0.2) is 4.98 Å². The van der Waals surface area contributed by atoms with E-state index in [0.717, 1.165) is 37.5 Å². The standard InChI is InChI=1S/C28H35ClN4OS/c1-17-20-21(19-15-30-33(4)16-19)23(35-25(20)31-18(2)22(17)29)24(34)32-26(3)27(11-7-5-8-12-27)28(26)13-9-6-10-14-28/h15-16H,5-14H2,1-4H3,(H,32,34). The van der Waals surface area contributed by atoms with Gasteiger partial charge in [0, 0.05) is 40.6 Å². The number of rotatable bonds is 3. The molecule has 3 aliphatic rings. The molecule has 0 aliphatic heterocycles. The van der Waals surface area contributed by atoms with Gasteiger partial charge in [0.05, 0.1) is 22.5 Å². The molecule has 6 rings (SSSR count). The average Bonchev–Trinajstić information content (AvgIpc) is 3.29. The molecular weight excluding hydrogens is 476 g/mol. The zero-order chi connectivity index (χ0) is 24.6. The van der Waals surface area contributed by atoms with Gasteiger partial charge in [-0.15, -0.1) is 11.3 Å². The molecule has 186 valence electrons. The fraction of sp³-hybridized carbons (Fsp3) is 0.607. The molecule has 0 aromatic carbocycles. The Balaban J connectivity index is 1.46. The molecule has 0 unspecified atom stereocenters. The number of hydrogen-bond acceptors (Lipinski definition) is 4. The molecule has 3 saturated carbocycles. The lowest BCUT2D eigenvalue weighted by Gasteiger charge is -2.30. The molecule has 0 radical (unpaired) electrons. The van der Waals surface area contributed by atoms with Gasteiger partial charge in [-0.3, -0.25) is 9.48 Å². The number of amides is 1. The van der Waals surface area contributed by atoms with Crippen LogP contribution < -0.4 is 5.32 Å². The number of fused-ring (bicyclic) bond motifs is 2. The van der Waals surface area contributed by atoms with Crippen molar-refractivity contribution in [2.24, 2.45) is 17.9 Å². The van der Waals surface area contributed by atoms with Crippen LogP contribution in [0.2, 0.25) is 5.02 Å². The molecule has 3 aromatic heterocycles. The summed E-state index contributed by atoms with van der Waals surface area (Å²) in [6, 6.07) is 0. The molecule has 3 aromatic rings. The van der Waals surface area contributed by atoms with Gasteiger partial charge in [0.1, 0.15) is 9.71 Å². The third-order valence-corrected chi connectivity index (χ3v) is 11.6. The molecule has 0 atom stereocenters. The van der Waals surface area contributed by atoms with Crippen LogP contribution in [0.4, 0.5) is 0 Å². The maximum atomic E-state index is 14.2.